The molecule has 0 aliphatic carbocycles. The molecule has 0 heterocycles. The van der Waals surface area contributed by atoms with Crippen LogP contribution in [0.2, 0.25) is 0 Å². The minimum Gasteiger partial charge on any atom is -0.491 e. The Morgan fingerprint density at radius 3 is 2.57 bits per heavy atom. The molecule has 0 saturated heterocycles. The molecule has 0 atom stereocenters. The highest BCUT2D eigenvalue weighted by Crippen LogP contribution is 2.23. The van der Waals surface area contributed by atoms with E-state index in [9.17, 15) is 4.79 Å². The average Bonchev–Trinajstić information content (AvgIpc) is 2.59. The van der Waals surface area contributed by atoms with Crippen molar-refractivity contribution in [1.29, 1.82) is 0 Å². The van der Waals surface area contributed by atoms with Crippen LogP contribution in [0.4, 0.5) is 11.4 Å². The van der Waals surface area contributed by atoms with E-state index in [1.165, 1.54) is 0 Å². The van der Waals surface area contributed by atoms with Crippen LogP contribution in [-0.2, 0) is 11.2 Å². The second-order valence-corrected chi connectivity index (χ2v) is 5.51. The summed E-state index contributed by atoms with van der Waals surface area (Å²) >= 11 is 0. The maximum atomic E-state index is 12.3. The van der Waals surface area contributed by atoms with Gasteiger partial charge in [-0.15, -0.1) is 0 Å². The molecule has 2 rings (SSSR count). The molecule has 0 unspecified atom stereocenters. The third-order valence-electron chi connectivity index (χ3n) is 3.68. The molecule has 0 radical (unpaired) electrons. The first-order chi connectivity index (χ1) is 11.1. The van der Waals surface area contributed by atoms with Gasteiger partial charge in [0.1, 0.15) is 5.75 Å². The summed E-state index contributed by atoms with van der Waals surface area (Å²) in [5.74, 6) is 0.796. The fourth-order valence-corrected chi connectivity index (χ4v) is 2.31. The number of carbonyl (C=O) groups excluding carboxylic acids is 1. The van der Waals surface area contributed by atoms with Crippen molar-refractivity contribution >= 4 is 17.3 Å². The number of aryl methyl sites for hydroxylation is 1. The summed E-state index contributed by atoms with van der Waals surface area (Å²) in [7, 11) is 1.80. The Bertz CT molecular complexity index is 641. The fourth-order valence-electron chi connectivity index (χ4n) is 2.31. The Hall–Kier alpha value is -2.49. The van der Waals surface area contributed by atoms with E-state index in [2.05, 4.69) is 6.92 Å². The lowest BCUT2D eigenvalue weighted by atomic mass is 10.1. The fraction of sp³-hybridized carbons (Fsp3) is 0.316. The number of amides is 1. The second kappa shape index (κ2) is 8.22. The third-order valence-corrected chi connectivity index (χ3v) is 3.68. The first-order valence-electron chi connectivity index (χ1n) is 7.94. The molecule has 4 heteroatoms. The van der Waals surface area contributed by atoms with Crippen molar-refractivity contribution in [2.45, 2.75) is 26.2 Å². The number of carbonyl (C=O) groups is 1. The van der Waals surface area contributed by atoms with Gasteiger partial charge in [0.15, 0.2) is 0 Å². The van der Waals surface area contributed by atoms with Crippen LogP contribution in [0.5, 0.6) is 5.75 Å². The Balaban J connectivity index is 1.92. The lowest BCUT2D eigenvalue weighted by molar-refractivity contribution is -0.118. The molecule has 0 fully saturated rings. The summed E-state index contributed by atoms with van der Waals surface area (Å²) in [5.41, 5.74) is 8.57. The van der Waals surface area contributed by atoms with E-state index in [4.69, 9.17) is 10.5 Å². The van der Waals surface area contributed by atoms with Gasteiger partial charge in [-0.3, -0.25) is 4.79 Å². The van der Waals surface area contributed by atoms with E-state index >= 15 is 0 Å². The Kier molecular flexibility index (Phi) is 6.03. The molecule has 2 N–H and O–H groups in total. The first-order valence-corrected chi connectivity index (χ1v) is 7.94. The summed E-state index contributed by atoms with van der Waals surface area (Å²) in [6.45, 7) is 2.71. The van der Waals surface area contributed by atoms with Gasteiger partial charge in [-0.2, -0.15) is 0 Å². The van der Waals surface area contributed by atoms with Crippen LogP contribution in [0.15, 0.2) is 48.5 Å². The number of anilines is 2. The average molecular weight is 312 g/mol. The van der Waals surface area contributed by atoms with E-state index < -0.39 is 0 Å². The van der Waals surface area contributed by atoms with Gasteiger partial charge in [0, 0.05) is 19.2 Å². The van der Waals surface area contributed by atoms with Gasteiger partial charge in [0.25, 0.3) is 0 Å². The molecular formula is C19H24N2O2. The van der Waals surface area contributed by atoms with Gasteiger partial charge >= 0.3 is 0 Å². The predicted octanol–water partition coefficient (Wildman–Crippen LogP) is 3.65. The number of benzene rings is 2. The lowest BCUT2D eigenvalue weighted by Crippen LogP contribution is -2.26. The number of nitrogen functional groups attached to an aromatic ring is 1. The standard InChI is InChI=1S/C19H24N2O2/c1-3-13-23-18-11-9-15(14-17(18)20)10-12-19(22)21(2)16-7-5-4-6-8-16/h4-9,11,14H,3,10,12-13,20H2,1-2H3. The number of hydrogen-bond donors (Lipinski definition) is 1. The van der Waals surface area contributed by atoms with Crippen molar-refractivity contribution in [3.8, 4) is 5.75 Å². The zero-order valence-corrected chi connectivity index (χ0v) is 13.8. The maximum absolute atomic E-state index is 12.3. The van der Waals surface area contributed by atoms with Gasteiger partial charge in [-0.25, -0.2) is 0 Å². The molecule has 2 aromatic carbocycles. The molecule has 2 aromatic rings. The largest absolute Gasteiger partial charge is 0.491 e. The van der Waals surface area contributed by atoms with Gasteiger partial charge in [0.05, 0.1) is 12.3 Å². The van der Waals surface area contributed by atoms with Crippen LogP contribution in [0, 0.1) is 0 Å². The molecule has 0 aliphatic heterocycles. The van der Waals surface area contributed by atoms with Gasteiger partial charge < -0.3 is 15.4 Å². The Morgan fingerprint density at radius 1 is 1.17 bits per heavy atom. The summed E-state index contributed by atoms with van der Waals surface area (Å²) < 4.78 is 5.56. The number of nitrogens with zero attached hydrogens (tertiary/aromatic N) is 1. The van der Waals surface area contributed by atoms with Crippen LogP contribution < -0.4 is 15.4 Å². The smallest absolute Gasteiger partial charge is 0.227 e. The van der Waals surface area contributed by atoms with Crippen LogP contribution in [0.1, 0.15) is 25.3 Å². The zero-order valence-electron chi connectivity index (χ0n) is 13.8. The van der Waals surface area contributed by atoms with E-state index in [1.807, 2.05) is 48.5 Å². The van der Waals surface area contributed by atoms with Crippen molar-refractivity contribution in [3.63, 3.8) is 0 Å². The summed E-state index contributed by atoms with van der Waals surface area (Å²) in [5, 5.41) is 0. The van der Waals surface area contributed by atoms with Crippen LogP contribution in [0.25, 0.3) is 0 Å². The van der Waals surface area contributed by atoms with Crippen LogP contribution in [-0.4, -0.2) is 19.6 Å². The number of para-hydroxylation sites is 1. The molecule has 0 aromatic heterocycles. The van der Waals surface area contributed by atoms with Crippen LogP contribution in [0.3, 0.4) is 0 Å². The predicted molar refractivity (Wildman–Crippen MR) is 94.8 cm³/mol. The van der Waals surface area contributed by atoms with Crippen molar-refractivity contribution in [2.24, 2.45) is 0 Å². The molecule has 4 nitrogen and oxygen atoms in total. The SMILES string of the molecule is CCCOc1ccc(CCC(=O)N(C)c2ccccc2)cc1N. The molecule has 0 bridgehead atoms. The number of ether oxygens (including phenoxy) is 1. The molecule has 122 valence electrons. The topological polar surface area (TPSA) is 55.6 Å². The van der Waals surface area contributed by atoms with Gasteiger partial charge in [-0.1, -0.05) is 31.2 Å². The molecule has 1 amide bonds. The monoisotopic (exact) mass is 312 g/mol. The number of hydrogen-bond acceptors (Lipinski definition) is 3. The van der Waals surface area contributed by atoms with E-state index in [0.717, 1.165) is 17.7 Å². The highest BCUT2D eigenvalue weighted by atomic mass is 16.5. The molecule has 0 saturated carbocycles. The quantitative estimate of drug-likeness (QED) is 0.794. The summed E-state index contributed by atoms with van der Waals surface area (Å²) in [4.78, 5) is 14.0. The number of rotatable bonds is 7. The van der Waals surface area contributed by atoms with Crippen molar-refractivity contribution in [2.75, 3.05) is 24.3 Å². The molecule has 23 heavy (non-hydrogen) atoms. The minimum absolute atomic E-state index is 0.0843. The van der Waals surface area contributed by atoms with Crippen molar-refractivity contribution in [1.82, 2.24) is 0 Å². The normalized spacial score (nSPS) is 10.3. The molecular weight excluding hydrogens is 288 g/mol. The highest BCUT2D eigenvalue weighted by Gasteiger charge is 2.11. The zero-order chi connectivity index (χ0) is 16.7. The molecule has 0 spiro atoms. The number of nitrogens with two attached hydrogens (primary N) is 1. The minimum atomic E-state index is 0.0843. The molecule has 0 aliphatic rings. The van der Waals surface area contributed by atoms with Crippen molar-refractivity contribution in [3.05, 3.63) is 54.1 Å². The third kappa shape index (κ3) is 4.74. The van der Waals surface area contributed by atoms with Gasteiger partial charge in [0.2, 0.25) is 5.91 Å². The second-order valence-electron chi connectivity index (χ2n) is 5.51. The lowest BCUT2D eigenvalue weighted by Gasteiger charge is -2.17. The Morgan fingerprint density at radius 2 is 1.91 bits per heavy atom. The Labute approximate surface area is 137 Å². The van der Waals surface area contributed by atoms with E-state index in [1.54, 1.807) is 11.9 Å². The highest BCUT2D eigenvalue weighted by molar-refractivity contribution is 5.92. The van der Waals surface area contributed by atoms with Crippen molar-refractivity contribution < 1.29 is 9.53 Å². The first kappa shape index (κ1) is 16.9. The van der Waals surface area contributed by atoms with E-state index in [0.29, 0.717) is 30.9 Å². The maximum Gasteiger partial charge on any atom is 0.227 e. The van der Waals surface area contributed by atoms with E-state index in [-0.39, 0.29) is 5.91 Å². The summed E-state index contributed by atoms with van der Waals surface area (Å²) in [6, 6.07) is 15.4. The van der Waals surface area contributed by atoms with Crippen LogP contribution >= 0.6 is 0 Å². The summed E-state index contributed by atoms with van der Waals surface area (Å²) in [6.07, 6.45) is 2.05. The van der Waals surface area contributed by atoms with Gasteiger partial charge in [-0.05, 0) is 42.7 Å².